The summed E-state index contributed by atoms with van der Waals surface area (Å²) in [5, 5.41) is 19.2. The van der Waals surface area contributed by atoms with Gasteiger partial charge in [-0.2, -0.15) is 5.26 Å². The monoisotopic (exact) mass is 958 g/mol. The number of ether oxygens (including phenoxy) is 2. The maximum atomic E-state index is 11.8. The Balaban J connectivity index is 1.22. The van der Waals surface area contributed by atoms with Crippen molar-refractivity contribution in [3.8, 4) is 61.7 Å². The van der Waals surface area contributed by atoms with E-state index >= 15 is 0 Å². The van der Waals surface area contributed by atoms with E-state index in [0.717, 1.165) is 92.6 Å². The van der Waals surface area contributed by atoms with E-state index in [1.165, 1.54) is 68.8 Å². The van der Waals surface area contributed by atoms with Crippen molar-refractivity contribution in [1.82, 2.24) is 9.97 Å². The van der Waals surface area contributed by atoms with Gasteiger partial charge < -0.3 is 19.5 Å². The van der Waals surface area contributed by atoms with Crippen LogP contribution < -0.4 is 14.4 Å². The molecule has 0 radical (unpaired) electrons. The number of carboxylic acids is 1. The van der Waals surface area contributed by atoms with Crippen LogP contribution in [0.15, 0.2) is 163 Å². The highest BCUT2D eigenvalue weighted by molar-refractivity contribution is 7.16. The molecule has 0 amide bonds. The quantitative estimate of drug-likeness (QED) is 0.0343. The van der Waals surface area contributed by atoms with Gasteiger partial charge in [0.2, 0.25) is 0 Å². The van der Waals surface area contributed by atoms with Crippen molar-refractivity contribution in [3.05, 3.63) is 168 Å². The highest BCUT2D eigenvalue weighted by atomic mass is 32.1. The van der Waals surface area contributed by atoms with Gasteiger partial charge in [0.25, 0.3) is 0 Å². The van der Waals surface area contributed by atoms with Crippen LogP contribution in [0.3, 0.4) is 0 Å². The molecule has 0 fully saturated rings. The minimum absolute atomic E-state index is 0.329. The molecule has 0 unspecified atom stereocenters. The SMILES string of the molecule is CCCCCCCCOc1ccc(-c2nc3c(-c4ccc(N(c5ccccc5)c5ccccc5)cc4)ccc(-c4ccc(/C=C(/C#N)C(=O)O)s4)c3nc2-c2ccc(OCCCCCCCC)cc2)cc1. The van der Waals surface area contributed by atoms with Gasteiger partial charge in [0, 0.05) is 49.1 Å². The Labute approximate surface area is 422 Å². The molecule has 8 rings (SSSR count). The van der Waals surface area contributed by atoms with Crippen LogP contribution in [0.5, 0.6) is 11.5 Å². The van der Waals surface area contributed by atoms with Crippen LogP contribution in [0, 0.1) is 11.3 Å². The smallest absolute Gasteiger partial charge is 0.346 e. The third-order valence-corrected chi connectivity index (χ3v) is 13.7. The van der Waals surface area contributed by atoms with Crippen molar-refractivity contribution in [2.45, 2.75) is 90.9 Å². The zero-order valence-electron chi connectivity index (χ0n) is 40.9. The van der Waals surface area contributed by atoms with Crippen molar-refractivity contribution in [2.24, 2.45) is 0 Å². The van der Waals surface area contributed by atoms with Crippen molar-refractivity contribution in [1.29, 1.82) is 5.26 Å². The maximum absolute atomic E-state index is 11.8. The lowest BCUT2D eigenvalue weighted by molar-refractivity contribution is -0.132. The topological polar surface area (TPSA) is 109 Å². The molecule has 0 bridgehead atoms. The molecule has 0 saturated carbocycles. The Morgan fingerprint density at radius 2 is 1.00 bits per heavy atom. The number of nitrogens with zero attached hydrogens (tertiary/aromatic N) is 4. The third-order valence-electron chi connectivity index (χ3n) is 12.6. The second-order valence-corrected chi connectivity index (χ2v) is 18.9. The lowest BCUT2D eigenvalue weighted by Crippen LogP contribution is -2.09. The van der Waals surface area contributed by atoms with Crippen molar-refractivity contribution in [2.75, 3.05) is 18.1 Å². The van der Waals surface area contributed by atoms with Gasteiger partial charge in [-0.3, -0.25) is 0 Å². The Morgan fingerprint density at radius 3 is 1.49 bits per heavy atom. The van der Waals surface area contributed by atoms with Crippen molar-refractivity contribution in [3.63, 3.8) is 0 Å². The van der Waals surface area contributed by atoms with Crippen LogP contribution >= 0.6 is 11.3 Å². The molecule has 71 heavy (non-hydrogen) atoms. The second kappa shape index (κ2) is 25.4. The number of rotatable bonds is 25. The molecule has 0 aliphatic carbocycles. The van der Waals surface area contributed by atoms with Crippen LogP contribution in [0.25, 0.3) is 61.2 Å². The Hall–Kier alpha value is -7.54. The number of anilines is 3. The summed E-state index contributed by atoms with van der Waals surface area (Å²) >= 11 is 1.40. The number of carbonyl (C=O) groups is 1. The molecular weight excluding hydrogens is 897 g/mol. The van der Waals surface area contributed by atoms with Crippen LogP contribution in [-0.2, 0) is 4.79 Å². The van der Waals surface area contributed by atoms with Gasteiger partial charge in [0.05, 0.1) is 35.6 Å². The minimum Gasteiger partial charge on any atom is -0.494 e. The lowest BCUT2D eigenvalue weighted by Gasteiger charge is -2.25. The normalized spacial score (nSPS) is 11.4. The summed E-state index contributed by atoms with van der Waals surface area (Å²) in [6.07, 6.45) is 15.8. The zero-order valence-corrected chi connectivity index (χ0v) is 41.7. The number of carboxylic acid groups (broad SMARTS) is 1. The first-order valence-corrected chi connectivity index (χ1v) is 26.0. The first-order chi connectivity index (χ1) is 34.9. The number of hydrogen-bond acceptors (Lipinski definition) is 8. The Morgan fingerprint density at radius 1 is 0.549 bits per heavy atom. The molecule has 9 heteroatoms. The highest BCUT2D eigenvalue weighted by Crippen LogP contribution is 2.42. The maximum Gasteiger partial charge on any atom is 0.346 e. The van der Waals surface area contributed by atoms with E-state index in [1.54, 1.807) is 0 Å². The number of benzene rings is 6. The Bertz CT molecular complexity index is 3000. The average molecular weight is 959 g/mol. The summed E-state index contributed by atoms with van der Waals surface area (Å²) < 4.78 is 12.5. The Kier molecular flexibility index (Phi) is 17.8. The highest BCUT2D eigenvalue weighted by Gasteiger charge is 2.21. The molecule has 0 aliphatic rings. The second-order valence-electron chi connectivity index (χ2n) is 17.8. The van der Waals surface area contributed by atoms with Crippen LogP contribution in [-0.4, -0.2) is 34.3 Å². The van der Waals surface area contributed by atoms with Crippen LogP contribution in [0.2, 0.25) is 0 Å². The molecule has 8 nitrogen and oxygen atoms in total. The number of nitriles is 1. The zero-order chi connectivity index (χ0) is 49.2. The summed E-state index contributed by atoms with van der Waals surface area (Å²) in [5.41, 5.74) is 10.2. The number of thiophene rings is 1. The number of aromatic nitrogens is 2. The molecule has 6 aromatic carbocycles. The molecule has 0 spiro atoms. The first-order valence-electron chi connectivity index (χ1n) is 25.2. The molecule has 0 atom stereocenters. The van der Waals surface area contributed by atoms with E-state index in [1.807, 2.05) is 54.6 Å². The summed E-state index contributed by atoms with van der Waals surface area (Å²) in [4.78, 5) is 26.8. The minimum atomic E-state index is -1.27. The molecule has 2 heterocycles. The number of para-hydroxylation sites is 2. The van der Waals surface area contributed by atoms with Crippen LogP contribution in [0.1, 0.15) is 95.8 Å². The molecule has 8 aromatic rings. The van der Waals surface area contributed by atoms with Gasteiger partial charge >= 0.3 is 5.97 Å². The fourth-order valence-electron chi connectivity index (χ4n) is 8.78. The molecule has 2 aromatic heterocycles. The van der Waals surface area contributed by atoms with E-state index in [0.29, 0.717) is 34.8 Å². The van der Waals surface area contributed by atoms with E-state index in [9.17, 15) is 15.2 Å². The van der Waals surface area contributed by atoms with Gasteiger partial charge in [-0.25, -0.2) is 14.8 Å². The number of hydrogen-bond donors (Lipinski definition) is 1. The lowest BCUT2D eigenvalue weighted by atomic mass is 9.97. The summed E-state index contributed by atoms with van der Waals surface area (Å²) in [6, 6.07) is 55.4. The van der Waals surface area contributed by atoms with Gasteiger partial charge in [-0.05, 0) is 122 Å². The molecule has 0 aliphatic heterocycles. The molecular formula is C62H62N4O4S. The van der Waals surface area contributed by atoms with Crippen molar-refractivity contribution >= 4 is 51.5 Å². The predicted molar refractivity (Wildman–Crippen MR) is 293 cm³/mol. The van der Waals surface area contributed by atoms with Crippen LogP contribution in [0.4, 0.5) is 17.1 Å². The predicted octanol–water partition coefficient (Wildman–Crippen LogP) is 17.3. The van der Waals surface area contributed by atoms with Gasteiger partial charge in [0.15, 0.2) is 0 Å². The largest absolute Gasteiger partial charge is 0.494 e. The number of fused-ring (bicyclic) bond motifs is 1. The van der Waals surface area contributed by atoms with E-state index in [-0.39, 0.29) is 5.57 Å². The summed E-state index contributed by atoms with van der Waals surface area (Å²) in [5.74, 6) is 0.363. The standard InChI is InChI=1S/C62H62N4O4S/c1-3-5-7-9-11-19-41-69-52-33-27-46(28-34-52)58-59(47-29-35-53(36-30-47)70-42-20-12-10-8-6-4-2)65-61-56(57-40-37-54(71-57)43-48(44-63)62(67)68)39-38-55(60(61)64-58)45-25-31-51(32-26-45)66(49-21-15-13-16-22-49)50-23-17-14-18-24-50/h13-18,21-40,43H,3-12,19-20,41-42H2,1-2H3,(H,67,68)/b48-43-. The van der Waals surface area contributed by atoms with Gasteiger partial charge in [0.1, 0.15) is 23.1 Å². The molecule has 360 valence electrons. The summed E-state index contributed by atoms with van der Waals surface area (Å²) in [6.45, 7) is 5.82. The first kappa shape index (κ1) is 49.9. The summed E-state index contributed by atoms with van der Waals surface area (Å²) in [7, 11) is 0. The number of unbranched alkanes of at least 4 members (excludes halogenated alkanes) is 10. The van der Waals surface area contributed by atoms with E-state index in [2.05, 4.69) is 128 Å². The van der Waals surface area contributed by atoms with Crippen molar-refractivity contribution < 1.29 is 19.4 Å². The van der Waals surface area contributed by atoms with Gasteiger partial charge in [-0.1, -0.05) is 139 Å². The third kappa shape index (κ3) is 13.0. The van der Waals surface area contributed by atoms with Gasteiger partial charge in [-0.15, -0.1) is 11.3 Å². The molecule has 1 N–H and O–H groups in total. The average Bonchev–Trinajstić information content (AvgIpc) is 3.88. The number of aliphatic carboxylic acids is 1. The van der Waals surface area contributed by atoms with E-state index in [4.69, 9.17) is 19.4 Å². The fourth-order valence-corrected chi connectivity index (χ4v) is 9.76. The fraction of sp³-hybridized carbons (Fsp3) is 0.258. The molecule has 0 saturated heterocycles. The van der Waals surface area contributed by atoms with E-state index < -0.39 is 5.97 Å².